The minimum absolute atomic E-state index is 0.813. The summed E-state index contributed by atoms with van der Waals surface area (Å²) >= 11 is 2.29. The summed E-state index contributed by atoms with van der Waals surface area (Å²) < 4.78 is 29.4. The molecule has 54 valence electrons. The van der Waals surface area contributed by atoms with Gasteiger partial charge in [0.05, 0.1) is 11.9 Å². The van der Waals surface area contributed by atoms with Gasteiger partial charge >= 0.3 is 11.4 Å². The molecule has 0 N–H and O–H groups in total. The first-order chi connectivity index (χ1) is 4.20. The normalized spacial score (nSPS) is 16.7. The number of hydrogen-bond acceptors (Lipinski definition) is 3. The summed E-state index contributed by atoms with van der Waals surface area (Å²) in [6.45, 7) is 3.01. The predicted molar refractivity (Wildman–Crippen MR) is 31.3 cm³/mol. The van der Waals surface area contributed by atoms with Crippen LogP contribution in [0.25, 0.3) is 0 Å². The molecule has 0 aromatic heterocycles. The average molecular weight is 175 g/mol. The van der Waals surface area contributed by atoms with E-state index in [4.69, 9.17) is 0 Å². The molecule has 0 radical (unpaired) electrons. The van der Waals surface area contributed by atoms with Crippen molar-refractivity contribution in [1.29, 1.82) is 0 Å². The lowest BCUT2D eigenvalue weighted by atomic mass is 10.7. The van der Waals surface area contributed by atoms with Crippen molar-refractivity contribution >= 4 is 23.2 Å². The fourth-order valence-electron chi connectivity index (χ4n) is 0.129. The summed E-state index contributed by atoms with van der Waals surface area (Å²) in [5, 5.41) is 0. The van der Waals surface area contributed by atoms with Crippen molar-refractivity contribution in [1.82, 2.24) is 0 Å². The zero-order chi connectivity index (χ0) is 7.28. The maximum absolute atomic E-state index is 11.9. The fourth-order valence-corrected chi connectivity index (χ4v) is 0.477. The lowest BCUT2D eigenvalue weighted by Crippen LogP contribution is -2.04. The van der Waals surface area contributed by atoms with Crippen LogP contribution in [-0.4, -0.2) is 10.6 Å². The van der Waals surface area contributed by atoms with E-state index in [1.165, 1.54) is 0 Å². The van der Waals surface area contributed by atoms with Crippen LogP contribution >= 0.6 is 11.9 Å². The molecule has 0 aliphatic heterocycles. The van der Waals surface area contributed by atoms with Crippen LogP contribution in [0.1, 0.15) is 0 Å². The van der Waals surface area contributed by atoms with Crippen molar-refractivity contribution in [3.63, 3.8) is 0 Å². The van der Waals surface area contributed by atoms with Gasteiger partial charge in [-0.15, -0.1) is 0 Å². The summed E-state index contributed by atoms with van der Waals surface area (Å²) in [6, 6.07) is 0. The quantitative estimate of drug-likeness (QED) is 0.602. The van der Waals surface area contributed by atoms with Gasteiger partial charge in [0, 0.05) is 0 Å². The molecule has 9 heavy (non-hydrogen) atoms. The first-order valence-electron chi connectivity index (χ1n) is 1.85. The first-order valence-corrected chi connectivity index (χ1v) is 3.16. The van der Waals surface area contributed by atoms with Gasteiger partial charge in [-0.1, -0.05) is 6.58 Å². The average Bonchev–Trinajstić information content (AvgIpc) is 1.87. The Bertz CT molecular complexity index is 120. The van der Waals surface area contributed by atoms with E-state index in [-0.39, 0.29) is 0 Å². The third-order valence-corrected chi connectivity index (χ3v) is 1.16. The van der Waals surface area contributed by atoms with E-state index < -0.39 is 17.7 Å². The highest BCUT2D eigenvalue weighted by Gasteiger charge is 2.06. The number of rotatable bonds is 4. The van der Waals surface area contributed by atoms with Gasteiger partial charge in [-0.05, 0) is 6.08 Å². The molecule has 0 aromatic carbocycles. The van der Waals surface area contributed by atoms with Crippen molar-refractivity contribution < 1.29 is 16.5 Å². The molecular formula is C3H4ClFO3S. The molecule has 2 unspecified atom stereocenters. The van der Waals surface area contributed by atoms with Crippen molar-refractivity contribution in [2.75, 3.05) is 0 Å². The summed E-state index contributed by atoms with van der Waals surface area (Å²) in [4.78, 5) is 0. The number of hydrogen-bond donors (Lipinski definition) is 0. The topological polar surface area (TPSA) is 35.5 Å². The highest BCUT2D eigenvalue weighted by atomic mass is 35.5. The standard InChI is InChI=1S/C3H4ClFO3S/c1-2-3(5)7-9(6)8-4/h2-3H,1H2. The molecular weight excluding hydrogens is 171 g/mol. The summed E-state index contributed by atoms with van der Waals surface area (Å²) in [6.07, 6.45) is -1.00. The Morgan fingerprint density at radius 3 is 2.78 bits per heavy atom. The molecule has 6 heteroatoms. The van der Waals surface area contributed by atoms with E-state index in [9.17, 15) is 8.60 Å². The van der Waals surface area contributed by atoms with Crippen LogP contribution in [0.3, 0.4) is 0 Å². The maximum Gasteiger partial charge on any atom is 0.325 e. The highest BCUT2D eigenvalue weighted by molar-refractivity contribution is 7.75. The third kappa shape index (κ3) is 4.53. The molecule has 0 saturated carbocycles. The minimum Gasteiger partial charge on any atom is -0.227 e. The second-order valence-corrected chi connectivity index (χ2v) is 2.05. The molecule has 0 aliphatic rings. The van der Waals surface area contributed by atoms with Gasteiger partial charge in [0.2, 0.25) is 6.36 Å². The van der Waals surface area contributed by atoms with Crippen LogP contribution in [0.5, 0.6) is 0 Å². The molecule has 0 aromatic rings. The van der Waals surface area contributed by atoms with Gasteiger partial charge < -0.3 is 0 Å². The van der Waals surface area contributed by atoms with Crippen LogP contribution in [0.2, 0.25) is 0 Å². The Morgan fingerprint density at radius 2 is 2.44 bits per heavy atom. The Morgan fingerprint density at radius 1 is 1.89 bits per heavy atom. The molecule has 3 nitrogen and oxygen atoms in total. The van der Waals surface area contributed by atoms with E-state index in [0.29, 0.717) is 0 Å². The van der Waals surface area contributed by atoms with Gasteiger partial charge in [0.1, 0.15) is 0 Å². The van der Waals surface area contributed by atoms with Crippen LogP contribution in [-0.2, 0) is 19.3 Å². The van der Waals surface area contributed by atoms with E-state index in [1.807, 2.05) is 0 Å². The van der Waals surface area contributed by atoms with Crippen LogP contribution in [0.15, 0.2) is 12.7 Å². The molecule has 0 rings (SSSR count). The van der Waals surface area contributed by atoms with Crippen molar-refractivity contribution in [3.8, 4) is 0 Å². The van der Waals surface area contributed by atoms with Gasteiger partial charge in [-0.2, -0.15) is 7.94 Å². The van der Waals surface area contributed by atoms with Crippen LogP contribution < -0.4 is 0 Å². The fraction of sp³-hybridized carbons (Fsp3) is 0.333. The summed E-state index contributed by atoms with van der Waals surface area (Å²) in [5.41, 5.74) is 0. The minimum atomic E-state index is -2.24. The van der Waals surface area contributed by atoms with Crippen LogP contribution in [0, 0.1) is 0 Å². The smallest absolute Gasteiger partial charge is 0.227 e. The highest BCUT2D eigenvalue weighted by Crippen LogP contribution is 2.00. The van der Waals surface area contributed by atoms with E-state index in [0.717, 1.165) is 6.08 Å². The van der Waals surface area contributed by atoms with Crippen LogP contribution in [0.4, 0.5) is 4.39 Å². The first kappa shape index (κ1) is 9.03. The van der Waals surface area contributed by atoms with E-state index in [2.05, 4.69) is 26.4 Å². The second-order valence-electron chi connectivity index (χ2n) is 0.950. The van der Waals surface area contributed by atoms with Gasteiger partial charge in [0.15, 0.2) is 0 Å². The molecule has 0 heterocycles. The zero-order valence-electron chi connectivity index (χ0n) is 4.25. The SMILES string of the molecule is C=CC(F)OS(=O)OCl. The van der Waals surface area contributed by atoms with Crippen molar-refractivity contribution in [2.24, 2.45) is 0 Å². The zero-order valence-corrected chi connectivity index (χ0v) is 5.82. The molecule has 2 atom stereocenters. The molecule has 0 saturated heterocycles. The second kappa shape index (κ2) is 4.87. The van der Waals surface area contributed by atoms with Crippen molar-refractivity contribution in [2.45, 2.75) is 6.36 Å². The lowest BCUT2D eigenvalue weighted by Gasteiger charge is -1.97. The largest absolute Gasteiger partial charge is 0.325 e. The molecule has 0 amide bonds. The lowest BCUT2D eigenvalue weighted by molar-refractivity contribution is 0.121. The maximum atomic E-state index is 11.9. The number of halogens is 2. The summed E-state index contributed by atoms with van der Waals surface area (Å²) in [5.74, 6) is 0. The Labute approximate surface area is 59.4 Å². The van der Waals surface area contributed by atoms with Gasteiger partial charge in [-0.3, -0.25) is 0 Å². The molecule has 0 bridgehead atoms. The van der Waals surface area contributed by atoms with E-state index >= 15 is 0 Å². The van der Waals surface area contributed by atoms with Gasteiger partial charge in [0.25, 0.3) is 0 Å². The molecule has 0 spiro atoms. The predicted octanol–water partition coefficient (Wildman–Crippen LogP) is 1.23. The monoisotopic (exact) mass is 174 g/mol. The Balaban J connectivity index is 3.46. The molecule has 0 fully saturated rings. The third-order valence-electron chi connectivity index (χ3n) is 0.407. The van der Waals surface area contributed by atoms with E-state index in [1.54, 1.807) is 0 Å². The Kier molecular flexibility index (Phi) is 4.88. The van der Waals surface area contributed by atoms with Crippen molar-refractivity contribution in [3.05, 3.63) is 12.7 Å². The Hall–Kier alpha value is 0.0300. The summed E-state index contributed by atoms with van der Waals surface area (Å²) in [7, 11) is 0. The molecule has 0 aliphatic carbocycles. The number of alkyl halides is 1. The van der Waals surface area contributed by atoms with Gasteiger partial charge in [-0.25, -0.2) is 8.57 Å².